The van der Waals surface area contributed by atoms with E-state index >= 15 is 0 Å². The molecule has 1 aromatic heterocycles. The summed E-state index contributed by atoms with van der Waals surface area (Å²) in [5.41, 5.74) is 0. The maximum Gasteiger partial charge on any atom is 0.195 e. The predicted octanol–water partition coefficient (Wildman–Crippen LogP) is 2.35. The third-order valence-electron chi connectivity index (χ3n) is 3.91. The van der Waals surface area contributed by atoms with Crippen LogP contribution in [0.3, 0.4) is 0 Å². The summed E-state index contributed by atoms with van der Waals surface area (Å²) in [5, 5.41) is 3.28. The molecule has 4 unspecified atom stereocenters. The van der Waals surface area contributed by atoms with Gasteiger partial charge in [-0.2, -0.15) is 0 Å². The summed E-state index contributed by atoms with van der Waals surface area (Å²) in [5.74, 6) is 2.62. The van der Waals surface area contributed by atoms with E-state index < -0.39 is 0 Å². The van der Waals surface area contributed by atoms with Crippen LogP contribution in [0.25, 0.3) is 0 Å². The van der Waals surface area contributed by atoms with Gasteiger partial charge in [0.2, 0.25) is 0 Å². The molecule has 0 bridgehead atoms. The fourth-order valence-electron chi connectivity index (χ4n) is 2.72. The van der Waals surface area contributed by atoms with Gasteiger partial charge in [0.25, 0.3) is 0 Å². The predicted molar refractivity (Wildman–Crippen MR) is 70.7 cm³/mol. The Hall–Kier alpha value is -0.870. The molecule has 4 heteroatoms. The minimum absolute atomic E-state index is 0.213. The lowest BCUT2D eigenvalue weighted by molar-refractivity contribution is 0.0547. The van der Waals surface area contributed by atoms with E-state index in [4.69, 9.17) is 9.15 Å². The van der Waals surface area contributed by atoms with E-state index in [2.05, 4.69) is 38.0 Å². The van der Waals surface area contributed by atoms with Crippen LogP contribution in [0.1, 0.15) is 45.3 Å². The summed E-state index contributed by atoms with van der Waals surface area (Å²) in [7, 11) is 0. The summed E-state index contributed by atoms with van der Waals surface area (Å²) in [6, 6.07) is 0. The smallest absolute Gasteiger partial charge is 0.195 e. The lowest BCUT2D eigenvalue weighted by atomic mass is 9.88. The number of nitrogens with zero attached hydrogens (tertiary/aromatic N) is 1. The van der Waals surface area contributed by atoms with Gasteiger partial charge in [-0.25, -0.2) is 4.98 Å². The molecule has 0 saturated carbocycles. The molecule has 0 aromatic carbocycles. The number of ether oxygens (including phenoxy) is 1. The number of aromatic nitrogens is 1. The minimum atomic E-state index is 0.213. The van der Waals surface area contributed by atoms with Gasteiger partial charge in [0, 0.05) is 18.9 Å². The first-order valence-electron chi connectivity index (χ1n) is 6.94. The summed E-state index contributed by atoms with van der Waals surface area (Å²) in [6.07, 6.45) is 3.23. The summed E-state index contributed by atoms with van der Waals surface area (Å²) >= 11 is 0. The zero-order valence-corrected chi connectivity index (χ0v) is 11.8. The van der Waals surface area contributed by atoms with Crippen molar-refractivity contribution in [2.75, 3.05) is 13.1 Å². The molecule has 1 aromatic rings. The molecule has 1 fully saturated rings. The Morgan fingerprint density at radius 2 is 2.06 bits per heavy atom. The Morgan fingerprint density at radius 1 is 1.28 bits per heavy atom. The van der Waals surface area contributed by atoms with Gasteiger partial charge in [0.15, 0.2) is 5.89 Å². The van der Waals surface area contributed by atoms with Gasteiger partial charge in [-0.15, -0.1) is 0 Å². The van der Waals surface area contributed by atoms with Gasteiger partial charge in [-0.3, -0.25) is 0 Å². The van der Waals surface area contributed by atoms with Crippen molar-refractivity contribution in [3.63, 3.8) is 0 Å². The molecule has 0 aliphatic carbocycles. The van der Waals surface area contributed by atoms with Gasteiger partial charge in [-0.1, -0.05) is 13.8 Å². The van der Waals surface area contributed by atoms with Crippen molar-refractivity contribution < 1.29 is 9.15 Å². The molecule has 1 aliphatic heterocycles. The molecule has 4 nitrogen and oxygen atoms in total. The van der Waals surface area contributed by atoms with Gasteiger partial charge in [0.05, 0.1) is 18.4 Å². The molecule has 1 aliphatic rings. The molecule has 2 heterocycles. The molecular formula is C14H24N2O2. The van der Waals surface area contributed by atoms with Crippen LogP contribution >= 0.6 is 0 Å². The Morgan fingerprint density at radius 3 is 2.67 bits per heavy atom. The minimum Gasteiger partial charge on any atom is -0.445 e. The second kappa shape index (κ2) is 5.85. The summed E-state index contributed by atoms with van der Waals surface area (Å²) in [6.45, 7) is 10.5. The Kier molecular flexibility index (Phi) is 4.40. The number of nitrogens with one attached hydrogen (secondary N) is 1. The fraction of sp³-hybridized carbons (Fsp3) is 0.786. The lowest BCUT2D eigenvalue weighted by Crippen LogP contribution is -2.16. The molecule has 0 spiro atoms. The fourth-order valence-corrected chi connectivity index (χ4v) is 2.72. The zero-order chi connectivity index (χ0) is 13.1. The van der Waals surface area contributed by atoms with Crippen LogP contribution in [0.2, 0.25) is 0 Å². The van der Waals surface area contributed by atoms with E-state index in [9.17, 15) is 0 Å². The third kappa shape index (κ3) is 2.75. The maximum absolute atomic E-state index is 5.87. The maximum atomic E-state index is 5.87. The average molecular weight is 252 g/mol. The van der Waals surface area contributed by atoms with Crippen molar-refractivity contribution in [2.24, 2.45) is 5.92 Å². The summed E-state index contributed by atoms with van der Waals surface area (Å²) < 4.78 is 11.7. The van der Waals surface area contributed by atoms with Crippen molar-refractivity contribution in [3.05, 3.63) is 17.8 Å². The molecule has 102 valence electrons. The topological polar surface area (TPSA) is 47.3 Å². The number of hydrogen-bond acceptors (Lipinski definition) is 4. The second-order valence-electron chi connectivity index (χ2n) is 5.19. The van der Waals surface area contributed by atoms with Gasteiger partial charge in [0.1, 0.15) is 5.76 Å². The van der Waals surface area contributed by atoms with Gasteiger partial charge < -0.3 is 14.5 Å². The average Bonchev–Trinajstić information content (AvgIpc) is 2.86. The monoisotopic (exact) mass is 252 g/mol. The molecule has 1 N–H and O–H groups in total. The normalized spacial score (nSPS) is 32.0. The zero-order valence-electron chi connectivity index (χ0n) is 11.8. The first-order valence-corrected chi connectivity index (χ1v) is 6.94. The molecule has 18 heavy (non-hydrogen) atoms. The quantitative estimate of drug-likeness (QED) is 0.817. The van der Waals surface area contributed by atoms with Crippen LogP contribution in [0.5, 0.6) is 0 Å². The van der Waals surface area contributed by atoms with Crippen LogP contribution in [0, 0.1) is 5.92 Å². The highest BCUT2D eigenvalue weighted by atomic mass is 16.5. The van der Waals surface area contributed by atoms with Crippen LogP contribution in [0.4, 0.5) is 0 Å². The number of hydrogen-bond donors (Lipinski definition) is 1. The highest BCUT2D eigenvalue weighted by Crippen LogP contribution is 2.39. The Bertz CT molecular complexity index is 378. The highest BCUT2D eigenvalue weighted by molar-refractivity contribution is 5.09. The highest BCUT2D eigenvalue weighted by Gasteiger charge is 2.40. The second-order valence-corrected chi connectivity index (χ2v) is 5.19. The van der Waals surface area contributed by atoms with Crippen LogP contribution in [-0.2, 0) is 11.2 Å². The van der Waals surface area contributed by atoms with E-state index in [1.165, 1.54) is 0 Å². The van der Waals surface area contributed by atoms with Crippen LogP contribution in [-0.4, -0.2) is 30.3 Å². The molecule has 2 rings (SSSR count). The number of rotatable bonds is 5. The van der Waals surface area contributed by atoms with Crippen molar-refractivity contribution in [1.29, 1.82) is 0 Å². The standard InChI is InChI=1S/C14H24N2O2/c1-5-15-7-6-13-16-8-12(18-13)14-9(2)10(3)17-11(14)4/h8-11,14-15H,5-7H2,1-4H3. The Labute approximate surface area is 109 Å². The molecule has 1 saturated heterocycles. The molecule has 0 radical (unpaired) electrons. The van der Waals surface area contributed by atoms with E-state index in [1.54, 1.807) is 0 Å². The first kappa shape index (κ1) is 13.6. The van der Waals surface area contributed by atoms with Crippen molar-refractivity contribution >= 4 is 0 Å². The van der Waals surface area contributed by atoms with Crippen molar-refractivity contribution in [2.45, 2.75) is 52.2 Å². The largest absolute Gasteiger partial charge is 0.445 e. The lowest BCUT2D eigenvalue weighted by Gasteiger charge is -2.14. The van der Waals surface area contributed by atoms with Crippen LogP contribution < -0.4 is 5.32 Å². The number of oxazole rings is 1. The van der Waals surface area contributed by atoms with Crippen molar-refractivity contribution in [3.8, 4) is 0 Å². The summed E-state index contributed by atoms with van der Waals surface area (Å²) in [4.78, 5) is 4.36. The number of likely N-dealkylation sites (N-methyl/N-ethyl adjacent to an activating group) is 1. The Balaban J connectivity index is 2.01. The first-order chi connectivity index (χ1) is 8.63. The van der Waals surface area contributed by atoms with E-state index in [-0.39, 0.29) is 6.10 Å². The molecule has 0 amide bonds. The molecule has 4 atom stereocenters. The van der Waals surface area contributed by atoms with E-state index in [1.807, 2.05) is 6.20 Å². The SMILES string of the molecule is CCNCCc1ncc(C2C(C)OC(C)C2C)o1. The van der Waals surface area contributed by atoms with Gasteiger partial charge in [-0.05, 0) is 26.3 Å². The third-order valence-corrected chi connectivity index (χ3v) is 3.91. The van der Waals surface area contributed by atoms with Crippen LogP contribution in [0.15, 0.2) is 10.6 Å². The molecular weight excluding hydrogens is 228 g/mol. The van der Waals surface area contributed by atoms with E-state index in [0.717, 1.165) is 31.2 Å². The van der Waals surface area contributed by atoms with Crippen molar-refractivity contribution in [1.82, 2.24) is 10.3 Å². The van der Waals surface area contributed by atoms with E-state index in [0.29, 0.717) is 17.9 Å². The van der Waals surface area contributed by atoms with Gasteiger partial charge >= 0.3 is 0 Å².